The molecule has 1 aliphatic heterocycles. The maximum atomic E-state index is 12.9. The number of ether oxygens (including phenoxy) is 2. The van der Waals surface area contributed by atoms with E-state index in [4.69, 9.17) is 14.6 Å². The van der Waals surface area contributed by atoms with Crippen LogP contribution in [0.4, 0.5) is 0 Å². The zero-order chi connectivity index (χ0) is 19.9. The molecular weight excluding hydrogens is 378 g/mol. The first-order chi connectivity index (χ1) is 13.7. The van der Waals surface area contributed by atoms with E-state index in [1.54, 1.807) is 43.5 Å². The summed E-state index contributed by atoms with van der Waals surface area (Å²) >= 11 is 1.20. The Balaban J connectivity index is 1.71. The van der Waals surface area contributed by atoms with Crippen LogP contribution in [-0.2, 0) is 9.59 Å². The Morgan fingerprint density at radius 2 is 1.64 bits per heavy atom. The van der Waals surface area contributed by atoms with E-state index >= 15 is 0 Å². The zero-order valence-corrected chi connectivity index (χ0v) is 16.3. The molecule has 7 heteroatoms. The average Bonchev–Trinajstić information content (AvgIpc) is 2.97. The summed E-state index contributed by atoms with van der Waals surface area (Å²) in [6.07, 6.45) is 0. The average molecular weight is 399 g/mol. The van der Waals surface area contributed by atoms with Crippen LogP contribution in [0.2, 0.25) is 0 Å². The lowest BCUT2D eigenvalue weighted by Crippen LogP contribution is -2.35. The highest BCUT2D eigenvalue weighted by Crippen LogP contribution is 2.35. The highest BCUT2D eigenvalue weighted by molar-refractivity contribution is 8.04. The van der Waals surface area contributed by atoms with Gasteiger partial charge in [-0.05, 0) is 29.8 Å². The molecule has 1 heterocycles. The Hall–Kier alpha value is -2.77. The third-order valence-electron chi connectivity index (χ3n) is 4.17. The molecule has 1 N–H and O–H groups in total. The molecule has 0 aromatic heterocycles. The van der Waals surface area contributed by atoms with Crippen molar-refractivity contribution in [1.29, 1.82) is 0 Å². The van der Waals surface area contributed by atoms with Gasteiger partial charge in [0.05, 0.1) is 30.7 Å². The predicted octanol–water partition coefficient (Wildman–Crippen LogP) is 2.58. The second-order valence-electron chi connectivity index (χ2n) is 5.93. The van der Waals surface area contributed by atoms with Gasteiger partial charge in [0.15, 0.2) is 0 Å². The van der Waals surface area contributed by atoms with Crippen molar-refractivity contribution in [3.05, 3.63) is 65.1 Å². The van der Waals surface area contributed by atoms with Crippen molar-refractivity contribution in [3.8, 4) is 11.5 Å². The van der Waals surface area contributed by atoms with E-state index in [2.05, 4.69) is 0 Å². The molecule has 0 saturated carbocycles. The van der Waals surface area contributed by atoms with Gasteiger partial charge < -0.3 is 14.6 Å². The summed E-state index contributed by atoms with van der Waals surface area (Å²) in [6, 6.07) is 16.2. The van der Waals surface area contributed by atoms with Gasteiger partial charge in [-0.1, -0.05) is 30.3 Å². The van der Waals surface area contributed by atoms with Crippen LogP contribution in [0.5, 0.6) is 11.5 Å². The highest BCUT2D eigenvalue weighted by Gasteiger charge is 2.38. The molecule has 1 aliphatic rings. The van der Waals surface area contributed by atoms with E-state index in [9.17, 15) is 9.59 Å². The van der Waals surface area contributed by atoms with Crippen molar-refractivity contribution in [3.63, 3.8) is 0 Å². The largest absolute Gasteiger partial charge is 0.497 e. The first kappa shape index (κ1) is 20.0. The number of hydrogen-bond donors (Lipinski definition) is 1. The lowest BCUT2D eigenvalue weighted by molar-refractivity contribution is -0.136. The van der Waals surface area contributed by atoms with E-state index in [0.29, 0.717) is 27.5 Å². The van der Waals surface area contributed by atoms with E-state index in [0.717, 1.165) is 5.75 Å². The normalized spacial score (nSPS) is 14.0. The molecule has 0 spiro atoms. The van der Waals surface area contributed by atoms with Gasteiger partial charge in [-0.15, -0.1) is 11.8 Å². The number of imide groups is 1. The fraction of sp³-hybridized carbons (Fsp3) is 0.238. The second kappa shape index (κ2) is 9.43. The van der Waals surface area contributed by atoms with Crippen molar-refractivity contribution >= 4 is 29.1 Å². The van der Waals surface area contributed by atoms with Crippen molar-refractivity contribution in [1.82, 2.24) is 4.90 Å². The SMILES string of the molecule is COc1ccc(OCCN2C(=O)C(SCCO)=C(c3ccccc3)C2=O)cc1. The van der Waals surface area contributed by atoms with Gasteiger partial charge in [-0.2, -0.15) is 0 Å². The Kier molecular flexibility index (Phi) is 6.73. The molecular formula is C21H21NO5S. The van der Waals surface area contributed by atoms with Gasteiger partial charge in [0.1, 0.15) is 18.1 Å². The summed E-state index contributed by atoms with van der Waals surface area (Å²) in [5.74, 6) is 1.02. The molecule has 0 atom stereocenters. The van der Waals surface area contributed by atoms with Crippen molar-refractivity contribution in [2.24, 2.45) is 0 Å². The summed E-state index contributed by atoms with van der Waals surface area (Å²) in [7, 11) is 1.59. The first-order valence-corrected chi connectivity index (χ1v) is 9.80. The molecule has 0 fully saturated rings. The molecule has 3 rings (SSSR count). The van der Waals surface area contributed by atoms with E-state index < -0.39 is 0 Å². The fourth-order valence-electron chi connectivity index (χ4n) is 2.82. The Bertz CT molecular complexity index is 864. The number of benzene rings is 2. The molecule has 0 unspecified atom stereocenters. The third kappa shape index (κ3) is 4.37. The van der Waals surface area contributed by atoms with Gasteiger partial charge >= 0.3 is 0 Å². The number of aliphatic hydroxyl groups is 1. The number of hydrogen-bond acceptors (Lipinski definition) is 6. The topological polar surface area (TPSA) is 76.1 Å². The number of thioether (sulfide) groups is 1. The second-order valence-corrected chi connectivity index (χ2v) is 7.03. The molecule has 2 aromatic carbocycles. The number of carbonyl (C=O) groups excluding carboxylic acids is 2. The molecule has 0 bridgehead atoms. The minimum Gasteiger partial charge on any atom is -0.497 e. The monoisotopic (exact) mass is 399 g/mol. The van der Waals surface area contributed by atoms with Crippen LogP contribution in [-0.4, -0.2) is 54.4 Å². The number of aliphatic hydroxyl groups excluding tert-OH is 1. The molecule has 0 radical (unpaired) electrons. The molecule has 6 nitrogen and oxygen atoms in total. The number of nitrogens with zero attached hydrogens (tertiary/aromatic N) is 1. The molecule has 2 amide bonds. The predicted molar refractivity (Wildman–Crippen MR) is 108 cm³/mol. The Morgan fingerprint density at radius 3 is 2.29 bits per heavy atom. The Labute approximate surface area is 167 Å². The van der Waals surface area contributed by atoms with Gasteiger partial charge in [0.25, 0.3) is 11.8 Å². The maximum absolute atomic E-state index is 12.9. The van der Waals surface area contributed by atoms with Gasteiger partial charge in [-0.25, -0.2) is 0 Å². The summed E-state index contributed by atoms with van der Waals surface area (Å²) < 4.78 is 10.8. The third-order valence-corrected chi connectivity index (χ3v) is 5.22. The van der Waals surface area contributed by atoms with E-state index in [1.807, 2.05) is 18.2 Å². The van der Waals surface area contributed by atoms with Gasteiger partial charge in [-0.3, -0.25) is 14.5 Å². The first-order valence-electron chi connectivity index (χ1n) is 8.82. The maximum Gasteiger partial charge on any atom is 0.268 e. The number of amides is 2. The zero-order valence-electron chi connectivity index (χ0n) is 15.5. The van der Waals surface area contributed by atoms with Crippen LogP contribution in [0.3, 0.4) is 0 Å². The van der Waals surface area contributed by atoms with Crippen molar-refractivity contribution < 1.29 is 24.2 Å². The molecule has 0 saturated heterocycles. The molecule has 146 valence electrons. The van der Waals surface area contributed by atoms with E-state index in [1.165, 1.54) is 16.7 Å². The standard InChI is InChI=1S/C21H21NO5S/c1-26-16-7-9-17(10-8-16)27-13-11-22-20(24)18(15-5-3-2-4-6-15)19(21(22)25)28-14-12-23/h2-10,23H,11-14H2,1H3. The summed E-state index contributed by atoms with van der Waals surface area (Å²) in [5.41, 5.74) is 1.08. The van der Waals surface area contributed by atoms with Crippen LogP contribution < -0.4 is 9.47 Å². The van der Waals surface area contributed by atoms with Gasteiger partial charge in [0.2, 0.25) is 0 Å². The van der Waals surface area contributed by atoms with Crippen molar-refractivity contribution in [2.45, 2.75) is 0 Å². The summed E-state index contributed by atoms with van der Waals surface area (Å²) in [6.45, 7) is 0.255. The van der Waals surface area contributed by atoms with Crippen LogP contribution >= 0.6 is 11.8 Å². The smallest absolute Gasteiger partial charge is 0.268 e. The van der Waals surface area contributed by atoms with Crippen LogP contribution in [0.15, 0.2) is 59.5 Å². The molecule has 28 heavy (non-hydrogen) atoms. The molecule has 0 aliphatic carbocycles. The quantitative estimate of drug-likeness (QED) is 0.653. The lowest BCUT2D eigenvalue weighted by atomic mass is 10.1. The van der Waals surface area contributed by atoms with Crippen LogP contribution in [0, 0.1) is 0 Å². The molecule has 2 aromatic rings. The minimum absolute atomic E-state index is 0.0711. The summed E-state index contributed by atoms with van der Waals surface area (Å²) in [4.78, 5) is 27.3. The number of rotatable bonds is 9. The van der Waals surface area contributed by atoms with Gasteiger partial charge in [0, 0.05) is 5.75 Å². The lowest BCUT2D eigenvalue weighted by Gasteiger charge is -2.15. The van der Waals surface area contributed by atoms with Crippen molar-refractivity contribution in [2.75, 3.05) is 32.6 Å². The van der Waals surface area contributed by atoms with Crippen LogP contribution in [0.25, 0.3) is 5.57 Å². The van der Waals surface area contributed by atoms with E-state index in [-0.39, 0.29) is 31.6 Å². The number of methoxy groups -OCH3 is 1. The fourth-order valence-corrected chi connectivity index (χ4v) is 3.70. The van der Waals surface area contributed by atoms with Crippen LogP contribution in [0.1, 0.15) is 5.56 Å². The summed E-state index contributed by atoms with van der Waals surface area (Å²) in [5, 5.41) is 9.12. The Morgan fingerprint density at radius 1 is 0.964 bits per heavy atom. The number of carbonyl (C=O) groups is 2. The minimum atomic E-state index is -0.347. The highest BCUT2D eigenvalue weighted by atomic mass is 32.2.